The molecule has 2 atom stereocenters. The highest BCUT2D eigenvalue weighted by molar-refractivity contribution is 7.99. The first kappa shape index (κ1) is 16.1. The molecule has 6 heteroatoms. The SMILES string of the molecule is CSC1CCCCC1NCc1cccc(/C(N)=N/O)c1F. The van der Waals surface area contributed by atoms with Gasteiger partial charge in [-0.15, -0.1) is 0 Å². The van der Waals surface area contributed by atoms with Crippen LogP contribution in [0.15, 0.2) is 23.4 Å². The summed E-state index contributed by atoms with van der Waals surface area (Å²) >= 11 is 1.88. The number of rotatable bonds is 5. The zero-order valence-electron chi connectivity index (χ0n) is 12.2. The molecule has 0 saturated heterocycles. The second kappa shape index (κ2) is 7.66. The number of hydrogen-bond acceptors (Lipinski definition) is 4. The van der Waals surface area contributed by atoms with Crippen LogP contribution in [-0.2, 0) is 6.54 Å². The molecule has 21 heavy (non-hydrogen) atoms. The van der Waals surface area contributed by atoms with Crippen LogP contribution in [0.4, 0.5) is 4.39 Å². The van der Waals surface area contributed by atoms with Crippen LogP contribution in [0.3, 0.4) is 0 Å². The number of nitrogens with two attached hydrogens (primary N) is 1. The van der Waals surface area contributed by atoms with Crippen molar-refractivity contribution in [3.05, 3.63) is 35.1 Å². The van der Waals surface area contributed by atoms with Crippen LogP contribution in [0, 0.1) is 5.82 Å². The van der Waals surface area contributed by atoms with Gasteiger partial charge >= 0.3 is 0 Å². The third-order valence-corrected chi connectivity index (χ3v) is 5.19. The van der Waals surface area contributed by atoms with Crippen LogP contribution < -0.4 is 11.1 Å². The Morgan fingerprint density at radius 3 is 2.95 bits per heavy atom. The molecule has 1 aromatic rings. The summed E-state index contributed by atoms with van der Waals surface area (Å²) in [6, 6.07) is 5.38. The molecule has 4 nitrogen and oxygen atoms in total. The largest absolute Gasteiger partial charge is 0.409 e. The summed E-state index contributed by atoms with van der Waals surface area (Å²) < 4.78 is 14.3. The van der Waals surface area contributed by atoms with Crippen molar-refractivity contribution in [2.75, 3.05) is 6.26 Å². The quantitative estimate of drug-likeness (QED) is 0.338. The van der Waals surface area contributed by atoms with Crippen LogP contribution >= 0.6 is 11.8 Å². The Labute approximate surface area is 129 Å². The molecule has 4 N–H and O–H groups in total. The minimum Gasteiger partial charge on any atom is -0.409 e. The topological polar surface area (TPSA) is 70.6 Å². The van der Waals surface area contributed by atoms with Gasteiger partial charge in [0.15, 0.2) is 5.84 Å². The lowest BCUT2D eigenvalue weighted by Gasteiger charge is -2.31. The van der Waals surface area contributed by atoms with Crippen LogP contribution in [-0.4, -0.2) is 28.6 Å². The minimum atomic E-state index is -0.420. The maximum Gasteiger partial charge on any atom is 0.173 e. The molecular weight excluding hydrogens is 289 g/mol. The van der Waals surface area contributed by atoms with Gasteiger partial charge in [-0.1, -0.05) is 30.1 Å². The van der Waals surface area contributed by atoms with E-state index in [1.54, 1.807) is 12.1 Å². The van der Waals surface area contributed by atoms with Crippen molar-refractivity contribution in [2.24, 2.45) is 10.9 Å². The van der Waals surface area contributed by atoms with Crippen molar-refractivity contribution in [1.82, 2.24) is 5.32 Å². The maximum absolute atomic E-state index is 14.3. The molecule has 0 aromatic heterocycles. The average Bonchev–Trinajstić information content (AvgIpc) is 2.53. The van der Waals surface area contributed by atoms with Gasteiger partial charge in [-0.25, -0.2) is 4.39 Å². The third kappa shape index (κ3) is 3.89. The fraction of sp³-hybridized carbons (Fsp3) is 0.533. The standard InChI is InChI=1S/C15H22FN3OS/c1-21-13-8-3-2-7-12(13)18-9-10-5-4-6-11(14(10)16)15(17)19-20/h4-6,12-13,18,20H,2-3,7-9H2,1H3,(H2,17,19). The molecule has 2 unspecified atom stereocenters. The second-order valence-electron chi connectivity index (χ2n) is 5.31. The number of amidine groups is 1. The zero-order chi connectivity index (χ0) is 15.2. The van der Waals surface area contributed by atoms with E-state index >= 15 is 0 Å². The van der Waals surface area contributed by atoms with Gasteiger partial charge in [0.1, 0.15) is 5.82 Å². The number of halogens is 1. The van der Waals surface area contributed by atoms with E-state index in [1.165, 1.54) is 25.3 Å². The van der Waals surface area contributed by atoms with Crippen LogP contribution in [0.1, 0.15) is 36.8 Å². The van der Waals surface area contributed by atoms with Crippen molar-refractivity contribution in [1.29, 1.82) is 0 Å². The lowest BCUT2D eigenvalue weighted by molar-refractivity contribution is 0.318. The fourth-order valence-corrected chi connectivity index (χ4v) is 3.78. The minimum absolute atomic E-state index is 0.141. The average molecular weight is 311 g/mol. The van der Waals surface area contributed by atoms with Crippen LogP contribution in [0.25, 0.3) is 0 Å². The number of oxime groups is 1. The van der Waals surface area contributed by atoms with Crippen molar-refractivity contribution >= 4 is 17.6 Å². The number of thioether (sulfide) groups is 1. The smallest absolute Gasteiger partial charge is 0.173 e. The molecule has 0 bridgehead atoms. The summed E-state index contributed by atoms with van der Waals surface area (Å²) in [4.78, 5) is 0. The van der Waals surface area contributed by atoms with Gasteiger partial charge in [0.05, 0.1) is 5.56 Å². The first-order chi connectivity index (χ1) is 10.2. The molecule has 0 heterocycles. The summed E-state index contributed by atoms with van der Waals surface area (Å²) in [5.41, 5.74) is 6.17. The van der Waals surface area contributed by atoms with Gasteiger partial charge in [-0.2, -0.15) is 11.8 Å². The predicted molar refractivity (Wildman–Crippen MR) is 85.3 cm³/mol. The van der Waals surface area contributed by atoms with Gasteiger partial charge in [-0.05, 0) is 25.2 Å². The lowest BCUT2D eigenvalue weighted by atomic mass is 9.94. The first-order valence-corrected chi connectivity index (χ1v) is 8.47. The zero-order valence-corrected chi connectivity index (χ0v) is 13.0. The van der Waals surface area contributed by atoms with Gasteiger partial charge in [-0.3, -0.25) is 0 Å². The Morgan fingerprint density at radius 1 is 1.48 bits per heavy atom. The molecule has 1 aliphatic carbocycles. The predicted octanol–water partition coefficient (Wildman–Crippen LogP) is 2.68. The van der Waals surface area contributed by atoms with Crippen molar-refractivity contribution < 1.29 is 9.60 Å². The number of nitrogens with zero attached hydrogens (tertiary/aromatic N) is 1. The molecular formula is C15H22FN3OS. The fourth-order valence-electron chi connectivity index (χ4n) is 2.82. The number of benzene rings is 1. The summed E-state index contributed by atoms with van der Waals surface area (Å²) in [7, 11) is 0. The van der Waals surface area contributed by atoms with Crippen LogP contribution in [0.2, 0.25) is 0 Å². The molecule has 2 rings (SSSR count). The second-order valence-corrected chi connectivity index (χ2v) is 6.39. The summed E-state index contributed by atoms with van der Waals surface area (Å²) in [5.74, 6) is -0.620. The van der Waals surface area contributed by atoms with E-state index in [2.05, 4.69) is 16.7 Å². The molecule has 116 valence electrons. The Morgan fingerprint density at radius 2 is 2.24 bits per heavy atom. The Hall–Kier alpha value is -1.27. The molecule has 1 fully saturated rings. The Balaban J connectivity index is 2.06. The van der Waals surface area contributed by atoms with Gasteiger partial charge < -0.3 is 16.3 Å². The molecule has 0 amide bonds. The molecule has 1 aromatic carbocycles. The Kier molecular flexibility index (Phi) is 5.87. The first-order valence-electron chi connectivity index (χ1n) is 7.18. The van der Waals surface area contributed by atoms with E-state index in [-0.39, 0.29) is 11.4 Å². The normalized spacial score (nSPS) is 23.2. The van der Waals surface area contributed by atoms with Crippen molar-refractivity contribution in [3.8, 4) is 0 Å². The number of hydrogen-bond donors (Lipinski definition) is 3. The molecule has 0 spiro atoms. The summed E-state index contributed by atoms with van der Waals surface area (Å²) in [6.45, 7) is 0.458. The van der Waals surface area contributed by atoms with E-state index in [0.29, 0.717) is 23.4 Å². The highest BCUT2D eigenvalue weighted by Gasteiger charge is 2.24. The molecule has 0 radical (unpaired) electrons. The molecule has 1 aliphatic rings. The van der Waals surface area contributed by atoms with Crippen molar-refractivity contribution in [2.45, 2.75) is 43.5 Å². The van der Waals surface area contributed by atoms with E-state index in [9.17, 15) is 4.39 Å². The van der Waals surface area contributed by atoms with Crippen molar-refractivity contribution in [3.63, 3.8) is 0 Å². The van der Waals surface area contributed by atoms with Gasteiger partial charge in [0.2, 0.25) is 0 Å². The van der Waals surface area contributed by atoms with Gasteiger partial charge in [0, 0.05) is 23.4 Å². The number of nitrogens with one attached hydrogen (secondary N) is 1. The van der Waals surface area contributed by atoms with Crippen LogP contribution in [0.5, 0.6) is 0 Å². The highest BCUT2D eigenvalue weighted by Crippen LogP contribution is 2.27. The Bertz CT molecular complexity index is 510. The maximum atomic E-state index is 14.3. The van der Waals surface area contributed by atoms with E-state index in [1.807, 2.05) is 11.8 Å². The van der Waals surface area contributed by atoms with E-state index < -0.39 is 5.82 Å². The van der Waals surface area contributed by atoms with E-state index in [0.717, 1.165) is 6.42 Å². The molecule has 0 aliphatic heterocycles. The summed E-state index contributed by atoms with van der Waals surface area (Å²) in [5, 5.41) is 15.6. The van der Waals surface area contributed by atoms with Gasteiger partial charge in [0.25, 0.3) is 0 Å². The lowest BCUT2D eigenvalue weighted by Crippen LogP contribution is -2.40. The highest BCUT2D eigenvalue weighted by atomic mass is 32.2. The molecule has 1 saturated carbocycles. The monoisotopic (exact) mass is 311 g/mol. The third-order valence-electron chi connectivity index (χ3n) is 4.02. The van der Waals surface area contributed by atoms with E-state index in [4.69, 9.17) is 10.9 Å². The summed E-state index contributed by atoms with van der Waals surface area (Å²) in [6.07, 6.45) is 6.97.